The van der Waals surface area contributed by atoms with Crippen molar-refractivity contribution in [2.24, 2.45) is 0 Å². The number of hydrogen-bond donors (Lipinski definition) is 2. The summed E-state index contributed by atoms with van der Waals surface area (Å²) in [4.78, 5) is 0. The molecule has 1 atom stereocenters. The Labute approximate surface area is 87.3 Å². The highest BCUT2D eigenvalue weighted by Gasteiger charge is 2.24. The van der Waals surface area contributed by atoms with Crippen LogP contribution in [0.5, 0.6) is 0 Å². The monoisotopic (exact) mass is 222 g/mol. The van der Waals surface area contributed by atoms with E-state index in [0.717, 1.165) is 6.54 Å². The molecular formula is C9H23N2O2P. The van der Waals surface area contributed by atoms with Gasteiger partial charge in [-0.05, 0) is 0 Å². The van der Waals surface area contributed by atoms with Gasteiger partial charge in [0.1, 0.15) is 0 Å². The van der Waals surface area contributed by atoms with Crippen molar-refractivity contribution in [3.8, 4) is 0 Å². The van der Waals surface area contributed by atoms with E-state index in [-0.39, 0.29) is 5.66 Å². The molecule has 0 aromatic carbocycles. The minimum absolute atomic E-state index is 0.0200. The van der Waals surface area contributed by atoms with Gasteiger partial charge in [-0.2, -0.15) is 0 Å². The Hall–Kier alpha value is 0.110. The second-order valence-corrected chi connectivity index (χ2v) is 6.80. The zero-order chi connectivity index (χ0) is 11.2. The van der Waals surface area contributed by atoms with Crippen molar-refractivity contribution in [3.63, 3.8) is 0 Å². The Morgan fingerprint density at radius 3 is 2.14 bits per heavy atom. The first-order chi connectivity index (χ1) is 6.42. The molecule has 0 aliphatic carbocycles. The molecule has 0 saturated heterocycles. The Kier molecular flexibility index (Phi) is 6.62. The Morgan fingerprint density at radius 1 is 1.21 bits per heavy atom. The van der Waals surface area contributed by atoms with Crippen molar-refractivity contribution in [2.75, 3.05) is 20.2 Å². The molecule has 0 bridgehead atoms. The third kappa shape index (κ3) is 5.11. The first-order valence-electron chi connectivity index (χ1n) is 5.06. The summed E-state index contributed by atoms with van der Waals surface area (Å²) in [5, 5.41) is 6.21. The molecule has 0 aliphatic rings. The lowest BCUT2D eigenvalue weighted by Crippen LogP contribution is -2.31. The molecule has 0 aromatic heterocycles. The van der Waals surface area contributed by atoms with Crippen LogP contribution >= 0.6 is 7.52 Å². The van der Waals surface area contributed by atoms with Crippen LogP contribution in [0.25, 0.3) is 0 Å². The molecular weight excluding hydrogens is 199 g/mol. The molecule has 0 rings (SSSR count). The van der Waals surface area contributed by atoms with Crippen molar-refractivity contribution >= 4 is 7.52 Å². The predicted molar refractivity (Wildman–Crippen MR) is 60.9 cm³/mol. The fourth-order valence-electron chi connectivity index (χ4n) is 1.03. The van der Waals surface area contributed by atoms with Crippen LogP contribution in [0, 0.1) is 0 Å². The fourth-order valence-corrected chi connectivity index (χ4v) is 2.37. The van der Waals surface area contributed by atoms with Crippen molar-refractivity contribution in [1.29, 1.82) is 0 Å². The van der Waals surface area contributed by atoms with Crippen molar-refractivity contribution in [1.82, 2.24) is 10.4 Å². The third-order valence-electron chi connectivity index (χ3n) is 1.96. The molecule has 14 heavy (non-hydrogen) atoms. The summed E-state index contributed by atoms with van der Waals surface area (Å²) in [7, 11) is -1.13. The van der Waals surface area contributed by atoms with E-state index < -0.39 is 7.52 Å². The van der Waals surface area contributed by atoms with Gasteiger partial charge in [0, 0.05) is 31.9 Å². The van der Waals surface area contributed by atoms with Crippen LogP contribution in [0.15, 0.2) is 0 Å². The van der Waals surface area contributed by atoms with Gasteiger partial charge >= 0.3 is 0 Å². The lowest BCUT2D eigenvalue weighted by Gasteiger charge is -2.21. The van der Waals surface area contributed by atoms with Gasteiger partial charge < -0.3 is 9.84 Å². The van der Waals surface area contributed by atoms with Crippen LogP contribution in [0.3, 0.4) is 0 Å². The van der Waals surface area contributed by atoms with E-state index >= 15 is 0 Å². The van der Waals surface area contributed by atoms with Gasteiger partial charge in [-0.25, -0.2) is 5.09 Å². The molecule has 0 aliphatic heterocycles. The maximum absolute atomic E-state index is 12.0. The van der Waals surface area contributed by atoms with Gasteiger partial charge in [0.05, 0.1) is 0 Å². The van der Waals surface area contributed by atoms with E-state index in [1.807, 2.05) is 13.8 Å². The zero-order valence-electron chi connectivity index (χ0n) is 9.83. The summed E-state index contributed by atoms with van der Waals surface area (Å²) in [5.74, 6) is 0. The van der Waals surface area contributed by atoms with E-state index in [9.17, 15) is 4.57 Å². The van der Waals surface area contributed by atoms with E-state index in [2.05, 4.69) is 24.3 Å². The molecule has 1 unspecified atom stereocenters. The smallest absolute Gasteiger partial charge is 0.272 e. The summed E-state index contributed by atoms with van der Waals surface area (Å²) in [5.41, 5.74) is 0.0200. The molecule has 0 aromatic rings. The predicted octanol–water partition coefficient (Wildman–Crippen LogP) is 1.82. The second-order valence-electron chi connectivity index (χ2n) is 3.89. The first kappa shape index (κ1) is 14.1. The van der Waals surface area contributed by atoms with Crippen LogP contribution in [0.4, 0.5) is 0 Å². The van der Waals surface area contributed by atoms with Crippen LogP contribution in [0.2, 0.25) is 0 Å². The van der Waals surface area contributed by atoms with Gasteiger partial charge in [-0.1, -0.05) is 27.7 Å². The van der Waals surface area contributed by atoms with Crippen LogP contribution in [-0.4, -0.2) is 31.9 Å². The number of rotatable bonds is 7. The molecule has 86 valence electrons. The molecule has 0 heterocycles. The quantitative estimate of drug-likeness (QED) is 0.509. The highest BCUT2D eigenvalue weighted by atomic mass is 31.2. The molecule has 0 fully saturated rings. The van der Waals surface area contributed by atoms with Gasteiger partial charge in [-0.3, -0.25) is 4.57 Å². The van der Waals surface area contributed by atoms with Crippen LogP contribution < -0.4 is 10.4 Å². The second kappa shape index (κ2) is 6.57. The van der Waals surface area contributed by atoms with Crippen LogP contribution in [-0.2, 0) is 9.09 Å². The van der Waals surface area contributed by atoms with E-state index in [1.165, 1.54) is 7.11 Å². The maximum atomic E-state index is 12.0. The average Bonchev–Trinajstić information content (AvgIpc) is 2.11. The molecule has 4 nitrogen and oxygen atoms in total. The molecule has 0 amide bonds. The minimum Gasteiger partial charge on any atom is -0.321 e. The van der Waals surface area contributed by atoms with E-state index in [0.29, 0.717) is 12.6 Å². The largest absolute Gasteiger partial charge is 0.321 e. The summed E-state index contributed by atoms with van der Waals surface area (Å²) >= 11 is 0. The van der Waals surface area contributed by atoms with E-state index in [4.69, 9.17) is 4.52 Å². The van der Waals surface area contributed by atoms with Gasteiger partial charge in [-0.15, -0.1) is 0 Å². The summed E-state index contributed by atoms with van der Waals surface area (Å²) in [6.07, 6.45) is 0. The van der Waals surface area contributed by atoms with Crippen molar-refractivity contribution in [3.05, 3.63) is 0 Å². The van der Waals surface area contributed by atoms with Gasteiger partial charge in [0.25, 0.3) is 7.52 Å². The Balaban J connectivity index is 3.80. The lowest BCUT2D eigenvalue weighted by atomic mass is 10.4. The molecule has 0 radical (unpaired) electrons. The molecule has 0 saturated carbocycles. The fraction of sp³-hybridized carbons (Fsp3) is 1.00. The standard InChI is InChI=1S/C9H23N2O2P/c1-8(2)10-6-7-11-14(12,13-5)9(3)4/h8-10H,6-7H2,1-5H3,(H,11,12). The maximum Gasteiger partial charge on any atom is 0.272 e. The SMILES string of the molecule is COP(=O)(NCCNC(C)C)C(C)C. The molecule has 2 N–H and O–H groups in total. The summed E-state index contributed by atoms with van der Waals surface area (Å²) in [6.45, 7) is 9.43. The van der Waals surface area contributed by atoms with Crippen molar-refractivity contribution in [2.45, 2.75) is 39.4 Å². The minimum atomic E-state index is -2.62. The lowest BCUT2D eigenvalue weighted by molar-refractivity contribution is 0.374. The summed E-state index contributed by atoms with van der Waals surface area (Å²) in [6, 6.07) is 0.456. The highest BCUT2D eigenvalue weighted by molar-refractivity contribution is 7.57. The topological polar surface area (TPSA) is 50.4 Å². The molecule has 5 heteroatoms. The number of nitrogens with one attached hydrogen (secondary N) is 2. The van der Waals surface area contributed by atoms with Crippen LogP contribution in [0.1, 0.15) is 27.7 Å². The third-order valence-corrected chi connectivity index (χ3v) is 4.53. The Morgan fingerprint density at radius 2 is 1.79 bits per heavy atom. The summed E-state index contributed by atoms with van der Waals surface area (Å²) < 4.78 is 17.0. The van der Waals surface area contributed by atoms with E-state index in [1.54, 1.807) is 0 Å². The Bertz CT molecular complexity index is 195. The molecule has 0 spiro atoms. The first-order valence-corrected chi connectivity index (χ1v) is 6.75. The zero-order valence-corrected chi connectivity index (χ0v) is 10.7. The van der Waals surface area contributed by atoms with Crippen molar-refractivity contribution < 1.29 is 9.09 Å². The normalized spacial score (nSPS) is 16.2. The highest BCUT2D eigenvalue weighted by Crippen LogP contribution is 2.45. The van der Waals surface area contributed by atoms with Gasteiger partial charge in [0.15, 0.2) is 0 Å². The van der Waals surface area contributed by atoms with Gasteiger partial charge in [0.2, 0.25) is 0 Å². The average molecular weight is 222 g/mol. The number of hydrogen-bond acceptors (Lipinski definition) is 3.